The number of hydrogen-bond acceptors (Lipinski definition) is 7. The zero-order chi connectivity index (χ0) is 37.3. The van der Waals surface area contributed by atoms with E-state index in [2.05, 4.69) is 60.9 Å². The minimum Gasteiger partial charge on any atom is -0.497 e. The van der Waals surface area contributed by atoms with Crippen LogP contribution in [0, 0.1) is 0 Å². The Kier molecular flexibility index (Phi) is 33.9. The van der Waals surface area contributed by atoms with Gasteiger partial charge in [-0.2, -0.15) is 0 Å². The topological polar surface area (TPSA) is 80.1 Å². The number of allylic oxidation sites excluding steroid dienone is 8. The summed E-state index contributed by atoms with van der Waals surface area (Å²) in [5, 5.41) is 4.16. The van der Waals surface area contributed by atoms with Crippen molar-refractivity contribution >= 4 is 17.9 Å². The molecule has 0 radical (unpaired) electrons. The van der Waals surface area contributed by atoms with Crippen molar-refractivity contribution in [2.24, 2.45) is 0 Å². The zero-order valence-electron chi connectivity index (χ0n) is 33.1. The van der Waals surface area contributed by atoms with Crippen molar-refractivity contribution in [1.29, 1.82) is 0 Å². The van der Waals surface area contributed by atoms with Gasteiger partial charge in [0.15, 0.2) is 6.29 Å². The molecule has 1 aromatic rings. The first kappa shape index (κ1) is 48.8. The highest BCUT2D eigenvalue weighted by atomic mass is 16.5. The molecule has 0 bridgehead atoms. The largest absolute Gasteiger partial charge is 0.497 e. The molecule has 9 nitrogen and oxygen atoms in total. The lowest BCUT2D eigenvalue weighted by molar-refractivity contribution is -0.130. The third-order valence-electron chi connectivity index (χ3n) is 7.07. The molecule has 0 atom stereocenters. The Morgan fingerprint density at radius 1 is 0.958 bits per heavy atom. The molecule has 1 aromatic heterocycles. The molecule has 0 unspecified atom stereocenters. The smallest absolute Gasteiger partial charge is 0.236 e. The number of hydrogen-bond donors (Lipinski definition) is 0. The van der Waals surface area contributed by atoms with Gasteiger partial charge in [0.1, 0.15) is 11.5 Å². The summed E-state index contributed by atoms with van der Waals surface area (Å²) in [6, 6.07) is 1.58. The number of methoxy groups -OCH3 is 2. The summed E-state index contributed by atoms with van der Waals surface area (Å²) in [4.78, 5) is 29.4. The number of aldehydes is 1. The van der Waals surface area contributed by atoms with Crippen LogP contribution in [0.2, 0.25) is 0 Å². The first-order valence-corrected chi connectivity index (χ1v) is 17.7. The van der Waals surface area contributed by atoms with E-state index in [1.54, 1.807) is 19.3 Å². The van der Waals surface area contributed by atoms with Crippen LogP contribution in [-0.2, 0) is 9.53 Å². The van der Waals surface area contributed by atoms with E-state index in [-0.39, 0.29) is 5.91 Å². The van der Waals surface area contributed by atoms with Crippen LogP contribution in [0.1, 0.15) is 111 Å². The fraction of sp³-hybridized carbons (Fsp3) is 0.615. The summed E-state index contributed by atoms with van der Waals surface area (Å²) in [6.45, 7) is 21.5. The van der Waals surface area contributed by atoms with Gasteiger partial charge >= 0.3 is 0 Å². The molecule has 0 aromatic carbocycles. The number of likely N-dealkylation sites (N-methyl/N-ethyl adjacent to an activating group) is 2. The van der Waals surface area contributed by atoms with Crippen molar-refractivity contribution in [3.05, 3.63) is 65.7 Å². The maximum Gasteiger partial charge on any atom is 0.236 e. The summed E-state index contributed by atoms with van der Waals surface area (Å²) >= 11 is 0. The molecule has 0 N–H and O–H groups in total. The van der Waals surface area contributed by atoms with E-state index in [1.165, 1.54) is 43.2 Å². The first-order valence-electron chi connectivity index (χ1n) is 17.7. The highest BCUT2D eigenvalue weighted by Crippen LogP contribution is 2.15. The fourth-order valence-electron chi connectivity index (χ4n) is 4.15. The van der Waals surface area contributed by atoms with Crippen molar-refractivity contribution in [2.45, 2.75) is 101 Å². The molecule has 9 heteroatoms. The average molecular weight is 674 g/mol. The van der Waals surface area contributed by atoms with Gasteiger partial charge in [-0.05, 0) is 78.8 Å². The molecule has 0 aliphatic carbocycles. The number of aromatic nitrogens is 2. The molecule has 0 spiro atoms. The van der Waals surface area contributed by atoms with Crippen molar-refractivity contribution in [3.63, 3.8) is 0 Å². The number of carbonyl (C=O) groups is 2. The Hall–Kier alpha value is -3.59. The van der Waals surface area contributed by atoms with Crippen LogP contribution in [0.3, 0.4) is 0 Å². The molecule has 276 valence electrons. The highest BCUT2D eigenvalue weighted by Gasteiger charge is 2.10. The van der Waals surface area contributed by atoms with Crippen LogP contribution in [0.25, 0.3) is 5.70 Å². The summed E-state index contributed by atoms with van der Waals surface area (Å²) in [6.07, 6.45) is 21.6. The molecule has 0 saturated heterocycles. The van der Waals surface area contributed by atoms with Gasteiger partial charge in [-0.25, -0.2) is 4.68 Å². The Balaban J connectivity index is -0.000000784. The molecule has 1 amide bonds. The van der Waals surface area contributed by atoms with Gasteiger partial charge in [-0.1, -0.05) is 78.2 Å². The minimum atomic E-state index is 0.197. The predicted molar refractivity (Wildman–Crippen MR) is 206 cm³/mol. The summed E-state index contributed by atoms with van der Waals surface area (Å²) < 4.78 is 11.7. The maximum absolute atomic E-state index is 12.2. The highest BCUT2D eigenvalue weighted by molar-refractivity contribution is 5.78. The third-order valence-corrected chi connectivity index (χ3v) is 7.07. The minimum absolute atomic E-state index is 0.197. The Labute approximate surface area is 295 Å². The Morgan fingerprint density at radius 2 is 1.62 bits per heavy atom. The first-order chi connectivity index (χ1) is 23.1. The van der Waals surface area contributed by atoms with Crippen LogP contribution in [0.4, 0.5) is 0 Å². The van der Waals surface area contributed by atoms with Crippen LogP contribution >= 0.6 is 0 Å². The second-order valence-electron chi connectivity index (χ2n) is 10.6. The quantitative estimate of drug-likeness (QED) is 0.0450. The molecular weight excluding hydrogens is 602 g/mol. The molecule has 0 aliphatic heterocycles. The number of ether oxygens (including phenoxy) is 2. The molecule has 0 fully saturated rings. The van der Waals surface area contributed by atoms with Crippen LogP contribution < -0.4 is 4.74 Å². The molecule has 48 heavy (non-hydrogen) atoms. The third kappa shape index (κ3) is 22.9. The number of unbranched alkanes of at least 4 members (excludes halogenated alkanes) is 3. The fourth-order valence-corrected chi connectivity index (χ4v) is 4.15. The van der Waals surface area contributed by atoms with E-state index < -0.39 is 0 Å². The lowest BCUT2D eigenvalue weighted by Gasteiger charge is -2.21. The van der Waals surface area contributed by atoms with Gasteiger partial charge in [-0.15, -0.1) is 5.10 Å². The normalized spacial score (nSPS) is 11.7. The van der Waals surface area contributed by atoms with E-state index in [0.717, 1.165) is 37.9 Å². The lowest BCUT2D eigenvalue weighted by atomic mass is 10.2. The number of nitrogens with zero attached hydrogens (tertiary/aromatic N) is 5. The van der Waals surface area contributed by atoms with E-state index in [1.807, 2.05) is 78.8 Å². The van der Waals surface area contributed by atoms with Gasteiger partial charge in [0.05, 0.1) is 20.8 Å². The van der Waals surface area contributed by atoms with Gasteiger partial charge in [0, 0.05) is 44.6 Å². The van der Waals surface area contributed by atoms with E-state index in [9.17, 15) is 9.59 Å². The standard InChI is InChI=1S/C21H41N3O.C14H18N2O3.2C2H6/c1-7-10-11-14-17-22(4)19-21(25)24(6)18-15-12-13-16-20(8-2)23(5)9-3;1-5-6-13(18-3)8-7-11(2)16-12(10-17)9-14(15-16)19-4;2*1-2/h8,12,15H,7,9-11,13-14,16-19H2,1-6H3;5-10H,1-4H3;2*1-2H3/b15-12-,20-8+;6-5-,11-7+,13-8+;;. The van der Waals surface area contributed by atoms with Gasteiger partial charge in [0.2, 0.25) is 11.8 Å². The Morgan fingerprint density at radius 3 is 2.15 bits per heavy atom. The van der Waals surface area contributed by atoms with Gasteiger partial charge in [0.25, 0.3) is 0 Å². The van der Waals surface area contributed by atoms with Crippen molar-refractivity contribution in [2.75, 3.05) is 61.5 Å². The number of rotatable bonds is 20. The second kappa shape index (κ2) is 33.3. The van der Waals surface area contributed by atoms with Crippen LogP contribution in [0.5, 0.6) is 5.88 Å². The van der Waals surface area contributed by atoms with Gasteiger partial charge in [-0.3, -0.25) is 14.5 Å². The monoisotopic (exact) mass is 674 g/mol. The average Bonchev–Trinajstić information content (AvgIpc) is 3.55. The molecular formula is C39H71N5O4. The molecule has 1 rings (SSSR count). The Bertz CT molecular complexity index is 1100. The maximum atomic E-state index is 12.2. The SMILES string of the molecule is C/C=C(\CC/C=C\CN(C)C(=O)CN(C)CCCCCC)N(C)CC.CC.CC.C\C=C/C(=C\C=C(/C)n1nc(OC)cc1C=O)OC. The van der Waals surface area contributed by atoms with Crippen LogP contribution in [-0.4, -0.2) is 98.2 Å². The molecule has 0 aliphatic rings. The summed E-state index contributed by atoms with van der Waals surface area (Å²) in [5.74, 6) is 1.32. The van der Waals surface area contributed by atoms with E-state index in [4.69, 9.17) is 9.47 Å². The molecule has 1 heterocycles. The van der Waals surface area contributed by atoms with Crippen LogP contribution in [0.15, 0.2) is 60.1 Å². The van der Waals surface area contributed by atoms with Crippen molar-refractivity contribution in [1.82, 2.24) is 24.5 Å². The number of amides is 1. The van der Waals surface area contributed by atoms with Crippen molar-refractivity contribution < 1.29 is 19.1 Å². The predicted octanol–water partition coefficient (Wildman–Crippen LogP) is 8.87. The lowest BCUT2D eigenvalue weighted by Crippen LogP contribution is -2.37. The van der Waals surface area contributed by atoms with E-state index in [0.29, 0.717) is 30.4 Å². The summed E-state index contributed by atoms with van der Waals surface area (Å²) in [7, 11) is 9.17. The summed E-state index contributed by atoms with van der Waals surface area (Å²) in [5.41, 5.74) is 2.59. The molecule has 0 saturated carbocycles. The van der Waals surface area contributed by atoms with E-state index >= 15 is 0 Å². The second-order valence-corrected chi connectivity index (χ2v) is 10.6. The van der Waals surface area contributed by atoms with Crippen molar-refractivity contribution in [3.8, 4) is 5.88 Å². The zero-order valence-corrected chi connectivity index (χ0v) is 33.1. The van der Waals surface area contributed by atoms with Gasteiger partial charge < -0.3 is 19.3 Å². The number of carbonyl (C=O) groups excluding carboxylic acids is 2.